The van der Waals surface area contributed by atoms with Crippen LogP contribution in [0, 0.1) is 5.92 Å². The van der Waals surface area contributed by atoms with E-state index in [1.807, 2.05) is 0 Å². The number of aromatic nitrogens is 2. The highest BCUT2D eigenvalue weighted by Gasteiger charge is 2.22. The minimum absolute atomic E-state index is 0.689. The van der Waals surface area contributed by atoms with E-state index in [9.17, 15) is 0 Å². The maximum absolute atomic E-state index is 5.29. The molecule has 2 aliphatic rings. The van der Waals surface area contributed by atoms with Crippen LogP contribution >= 0.6 is 0 Å². The van der Waals surface area contributed by atoms with Crippen LogP contribution in [0.15, 0.2) is 4.52 Å². The fourth-order valence-corrected chi connectivity index (χ4v) is 2.29. The smallest absolute Gasteiger partial charge is 0.266 e. The van der Waals surface area contributed by atoms with E-state index in [-0.39, 0.29) is 0 Å². The molecule has 1 aromatic heterocycles. The Bertz CT molecular complexity index is 342. The maximum Gasteiger partial charge on any atom is 0.266 e. The molecular weight excluding hydrogens is 204 g/mol. The molecule has 16 heavy (non-hydrogen) atoms. The summed E-state index contributed by atoms with van der Waals surface area (Å²) in [5.41, 5.74) is 0. The van der Waals surface area contributed by atoms with E-state index in [0.717, 1.165) is 44.4 Å². The van der Waals surface area contributed by atoms with E-state index in [1.54, 1.807) is 0 Å². The molecule has 3 heterocycles. The van der Waals surface area contributed by atoms with Crippen LogP contribution in [-0.2, 0) is 6.42 Å². The van der Waals surface area contributed by atoms with Crippen LogP contribution in [0.1, 0.15) is 25.2 Å². The monoisotopic (exact) mass is 222 g/mol. The first-order valence-electron chi connectivity index (χ1n) is 6.20. The van der Waals surface area contributed by atoms with Crippen LogP contribution in [-0.4, -0.2) is 36.3 Å². The van der Waals surface area contributed by atoms with Gasteiger partial charge in [-0.3, -0.25) is 0 Å². The summed E-state index contributed by atoms with van der Waals surface area (Å²) in [7, 11) is 0. The van der Waals surface area contributed by atoms with Crippen molar-refractivity contribution < 1.29 is 4.52 Å². The molecule has 0 amide bonds. The third-order valence-corrected chi connectivity index (χ3v) is 3.43. The minimum Gasteiger partial charge on any atom is -0.338 e. The Hall–Kier alpha value is -1.10. The molecule has 1 N–H and O–H groups in total. The molecule has 0 atom stereocenters. The highest BCUT2D eigenvalue weighted by atomic mass is 16.5. The van der Waals surface area contributed by atoms with Crippen LogP contribution in [0.2, 0.25) is 0 Å². The SMILES string of the molecule is C1CCN(c2noc(CC3CNC3)n2)CC1. The van der Waals surface area contributed by atoms with Gasteiger partial charge in [-0.25, -0.2) is 0 Å². The standard InChI is InChI=1S/C11H18N4O/c1-2-4-15(5-3-1)11-13-10(16-14-11)6-9-7-12-8-9/h9,12H,1-8H2. The fourth-order valence-electron chi connectivity index (χ4n) is 2.29. The minimum atomic E-state index is 0.689. The van der Waals surface area contributed by atoms with E-state index in [4.69, 9.17) is 4.52 Å². The zero-order chi connectivity index (χ0) is 10.8. The summed E-state index contributed by atoms with van der Waals surface area (Å²) in [4.78, 5) is 6.71. The molecule has 2 fully saturated rings. The number of piperidine rings is 1. The summed E-state index contributed by atoms with van der Waals surface area (Å²) in [6.07, 6.45) is 4.75. The lowest BCUT2D eigenvalue weighted by Gasteiger charge is -2.25. The van der Waals surface area contributed by atoms with Gasteiger partial charge in [0, 0.05) is 19.5 Å². The Balaban J connectivity index is 1.61. The molecule has 0 aliphatic carbocycles. The molecule has 0 spiro atoms. The molecular formula is C11H18N4O. The quantitative estimate of drug-likeness (QED) is 0.820. The van der Waals surface area contributed by atoms with Crippen molar-refractivity contribution in [3.05, 3.63) is 5.89 Å². The normalized spacial score (nSPS) is 22.1. The number of nitrogens with one attached hydrogen (secondary N) is 1. The van der Waals surface area contributed by atoms with Crippen molar-refractivity contribution in [1.29, 1.82) is 0 Å². The van der Waals surface area contributed by atoms with Gasteiger partial charge < -0.3 is 14.7 Å². The van der Waals surface area contributed by atoms with Gasteiger partial charge >= 0.3 is 0 Å². The summed E-state index contributed by atoms with van der Waals surface area (Å²) in [6, 6.07) is 0. The lowest BCUT2D eigenvalue weighted by Crippen LogP contribution is -2.43. The van der Waals surface area contributed by atoms with Gasteiger partial charge in [-0.15, -0.1) is 0 Å². The van der Waals surface area contributed by atoms with Gasteiger partial charge in [0.2, 0.25) is 5.89 Å². The van der Waals surface area contributed by atoms with Crippen molar-refractivity contribution in [2.45, 2.75) is 25.7 Å². The highest BCUT2D eigenvalue weighted by Crippen LogP contribution is 2.18. The zero-order valence-electron chi connectivity index (χ0n) is 9.48. The van der Waals surface area contributed by atoms with Gasteiger partial charge in [0.15, 0.2) is 0 Å². The predicted octanol–water partition coefficient (Wildman–Crippen LogP) is 0.822. The van der Waals surface area contributed by atoms with E-state index < -0.39 is 0 Å². The van der Waals surface area contributed by atoms with E-state index >= 15 is 0 Å². The fraction of sp³-hybridized carbons (Fsp3) is 0.818. The number of hydrogen-bond donors (Lipinski definition) is 1. The molecule has 2 saturated heterocycles. The lowest BCUT2D eigenvalue weighted by molar-refractivity contribution is 0.295. The average molecular weight is 222 g/mol. The molecule has 0 saturated carbocycles. The summed E-state index contributed by atoms with van der Waals surface area (Å²) in [6.45, 7) is 4.32. The molecule has 0 unspecified atom stereocenters. The van der Waals surface area contributed by atoms with Crippen LogP contribution in [0.5, 0.6) is 0 Å². The van der Waals surface area contributed by atoms with E-state index in [2.05, 4.69) is 20.4 Å². The van der Waals surface area contributed by atoms with Gasteiger partial charge in [0.1, 0.15) is 0 Å². The van der Waals surface area contributed by atoms with Crippen LogP contribution in [0.3, 0.4) is 0 Å². The van der Waals surface area contributed by atoms with E-state index in [0.29, 0.717) is 5.92 Å². The van der Waals surface area contributed by atoms with Crippen molar-refractivity contribution in [2.75, 3.05) is 31.1 Å². The third-order valence-electron chi connectivity index (χ3n) is 3.43. The first kappa shape index (κ1) is 10.1. The average Bonchev–Trinajstić information content (AvgIpc) is 2.73. The van der Waals surface area contributed by atoms with Crippen LogP contribution < -0.4 is 10.2 Å². The van der Waals surface area contributed by atoms with Crippen molar-refractivity contribution in [2.24, 2.45) is 5.92 Å². The summed E-state index contributed by atoms with van der Waals surface area (Å²) < 4.78 is 5.29. The lowest BCUT2D eigenvalue weighted by atomic mass is 10.00. The Morgan fingerprint density at radius 3 is 2.75 bits per heavy atom. The molecule has 5 nitrogen and oxygen atoms in total. The number of rotatable bonds is 3. The van der Waals surface area contributed by atoms with Crippen LogP contribution in [0.4, 0.5) is 5.95 Å². The number of hydrogen-bond acceptors (Lipinski definition) is 5. The third kappa shape index (κ3) is 2.04. The van der Waals surface area contributed by atoms with Crippen LogP contribution in [0.25, 0.3) is 0 Å². The summed E-state index contributed by atoms with van der Waals surface area (Å²) in [5, 5.41) is 7.32. The topological polar surface area (TPSA) is 54.2 Å². The van der Waals surface area contributed by atoms with Gasteiger partial charge in [-0.2, -0.15) is 4.98 Å². The van der Waals surface area contributed by atoms with Crippen molar-refractivity contribution >= 4 is 5.95 Å². The second kappa shape index (κ2) is 4.41. The van der Waals surface area contributed by atoms with Crippen molar-refractivity contribution in [3.8, 4) is 0 Å². The Kier molecular flexibility index (Phi) is 2.78. The van der Waals surface area contributed by atoms with Gasteiger partial charge in [0.05, 0.1) is 0 Å². The second-order valence-corrected chi connectivity index (χ2v) is 4.76. The largest absolute Gasteiger partial charge is 0.338 e. The summed E-state index contributed by atoms with van der Waals surface area (Å²) >= 11 is 0. The predicted molar refractivity (Wildman–Crippen MR) is 60.4 cm³/mol. The number of anilines is 1. The zero-order valence-corrected chi connectivity index (χ0v) is 9.48. The molecule has 3 rings (SSSR count). The number of nitrogens with zero attached hydrogens (tertiary/aromatic N) is 3. The second-order valence-electron chi connectivity index (χ2n) is 4.76. The van der Waals surface area contributed by atoms with Gasteiger partial charge in [-0.1, -0.05) is 0 Å². The Morgan fingerprint density at radius 1 is 1.25 bits per heavy atom. The van der Waals surface area contributed by atoms with Gasteiger partial charge in [0.25, 0.3) is 5.95 Å². The highest BCUT2D eigenvalue weighted by molar-refractivity contribution is 5.28. The molecule has 0 aromatic carbocycles. The van der Waals surface area contributed by atoms with Crippen molar-refractivity contribution in [1.82, 2.24) is 15.5 Å². The summed E-state index contributed by atoms with van der Waals surface area (Å²) in [5.74, 6) is 2.28. The molecule has 5 heteroatoms. The molecule has 1 aromatic rings. The van der Waals surface area contributed by atoms with E-state index in [1.165, 1.54) is 19.3 Å². The first-order chi connectivity index (χ1) is 7.92. The molecule has 0 radical (unpaired) electrons. The maximum atomic E-state index is 5.29. The molecule has 2 aliphatic heterocycles. The Morgan fingerprint density at radius 2 is 2.06 bits per heavy atom. The molecule has 0 bridgehead atoms. The Labute approximate surface area is 95.2 Å². The first-order valence-corrected chi connectivity index (χ1v) is 6.20. The van der Waals surface area contributed by atoms with Gasteiger partial charge in [-0.05, 0) is 43.4 Å². The molecule has 88 valence electrons. The van der Waals surface area contributed by atoms with Crippen molar-refractivity contribution in [3.63, 3.8) is 0 Å².